The molecule has 0 radical (unpaired) electrons. The monoisotopic (exact) mass is 534 g/mol. The number of benzene rings is 4. The minimum Gasteiger partial charge on any atom is -0.456 e. The average Bonchev–Trinajstić information content (AvgIpc) is 3.27. The summed E-state index contributed by atoms with van der Waals surface area (Å²) in [5, 5.41) is 3.53. The second-order valence-corrected chi connectivity index (χ2v) is 10.2. The third-order valence-electron chi connectivity index (χ3n) is 7.82. The van der Waals surface area contributed by atoms with E-state index in [1.165, 1.54) is 0 Å². The normalized spacial score (nSPS) is 17.4. The summed E-state index contributed by atoms with van der Waals surface area (Å²) in [6.07, 6.45) is 0.810. The first kappa shape index (κ1) is 26.0. The lowest BCUT2D eigenvalue weighted by molar-refractivity contribution is 0.0224. The predicted octanol–water partition coefficient (Wildman–Crippen LogP) is 7.91. The molecule has 2 aliphatic heterocycles. The predicted molar refractivity (Wildman–Crippen MR) is 158 cm³/mol. The van der Waals surface area contributed by atoms with Crippen LogP contribution in [0.3, 0.4) is 0 Å². The van der Waals surface area contributed by atoms with Gasteiger partial charge in [-0.25, -0.2) is 4.79 Å². The van der Waals surface area contributed by atoms with Crippen molar-refractivity contribution >= 4 is 23.0 Å². The molecule has 4 aromatic rings. The van der Waals surface area contributed by atoms with Crippen LogP contribution in [0.2, 0.25) is 0 Å². The van der Waals surface area contributed by atoms with Crippen LogP contribution in [0.5, 0.6) is 11.5 Å². The van der Waals surface area contributed by atoms with Gasteiger partial charge in [-0.2, -0.15) is 0 Å². The fourth-order valence-electron chi connectivity index (χ4n) is 5.97. The Labute approximate surface area is 235 Å². The van der Waals surface area contributed by atoms with E-state index in [0.717, 1.165) is 52.3 Å². The van der Waals surface area contributed by atoms with E-state index in [1.807, 2.05) is 79.7 Å². The van der Waals surface area contributed by atoms with E-state index in [1.54, 1.807) is 0 Å². The van der Waals surface area contributed by atoms with Crippen molar-refractivity contribution in [3.05, 3.63) is 113 Å². The topological polar surface area (TPSA) is 60.0 Å². The first-order valence-electron chi connectivity index (χ1n) is 14.0. The highest BCUT2D eigenvalue weighted by Crippen LogP contribution is 2.57. The largest absolute Gasteiger partial charge is 0.456 e. The summed E-state index contributed by atoms with van der Waals surface area (Å²) in [4.78, 5) is 15.6. The molecule has 6 nitrogen and oxygen atoms in total. The van der Waals surface area contributed by atoms with Crippen molar-refractivity contribution < 1.29 is 19.0 Å². The Morgan fingerprint density at radius 2 is 1.62 bits per heavy atom. The summed E-state index contributed by atoms with van der Waals surface area (Å²) in [6, 6.07) is 27.9. The van der Waals surface area contributed by atoms with E-state index in [9.17, 15) is 4.79 Å². The van der Waals surface area contributed by atoms with Gasteiger partial charge in [-0.05, 0) is 75.2 Å². The van der Waals surface area contributed by atoms with Gasteiger partial charge in [0.05, 0.1) is 5.56 Å². The molecule has 0 fully saturated rings. The van der Waals surface area contributed by atoms with Crippen molar-refractivity contribution in [1.82, 2.24) is 0 Å². The first-order valence-corrected chi connectivity index (χ1v) is 14.0. The zero-order chi connectivity index (χ0) is 27.9. The van der Waals surface area contributed by atoms with Gasteiger partial charge in [0.15, 0.2) is 5.60 Å². The van der Waals surface area contributed by atoms with Gasteiger partial charge < -0.3 is 24.4 Å². The third kappa shape index (κ3) is 4.11. The molecule has 2 unspecified atom stereocenters. The molecule has 0 aliphatic carbocycles. The number of para-hydroxylation sites is 1. The summed E-state index contributed by atoms with van der Waals surface area (Å²) in [6.45, 7) is 9.74. The highest BCUT2D eigenvalue weighted by molar-refractivity contribution is 5.97. The summed E-state index contributed by atoms with van der Waals surface area (Å²) in [5.41, 5.74) is 5.78. The van der Waals surface area contributed by atoms with Gasteiger partial charge in [0.2, 0.25) is 0 Å². The average molecular weight is 535 g/mol. The standard InChI is InChI=1S/C34H34N2O4/c1-5-32(38-7-3)36(6-2)24-17-18-27-31(20-24)39-30-19-22(4)29(35-23-13-9-8-10-14-23)21-28(30)34(27)26-16-12-11-15-25(26)33(37)40-34/h8-21,32,35H,5-7H2,1-4H3. The van der Waals surface area contributed by atoms with E-state index in [4.69, 9.17) is 14.2 Å². The molecule has 4 aromatic carbocycles. The van der Waals surface area contributed by atoms with E-state index in [-0.39, 0.29) is 12.2 Å². The van der Waals surface area contributed by atoms with Gasteiger partial charge in [0.25, 0.3) is 0 Å². The lowest BCUT2D eigenvalue weighted by Crippen LogP contribution is -2.37. The molecule has 2 heterocycles. The van der Waals surface area contributed by atoms with Crippen molar-refractivity contribution in [2.75, 3.05) is 23.4 Å². The molecule has 2 atom stereocenters. The molecule has 1 N–H and O–H groups in total. The third-order valence-corrected chi connectivity index (χ3v) is 7.82. The highest BCUT2D eigenvalue weighted by atomic mass is 16.6. The summed E-state index contributed by atoms with van der Waals surface area (Å²) >= 11 is 0. The van der Waals surface area contributed by atoms with Crippen LogP contribution in [-0.4, -0.2) is 25.3 Å². The fraction of sp³-hybridized carbons (Fsp3) is 0.265. The maximum Gasteiger partial charge on any atom is 0.340 e. The minimum absolute atomic E-state index is 0.0446. The molecule has 2 aliphatic rings. The molecule has 0 aromatic heterocycles. The molecule has 6 heteroatoms. The van der Waals surface area contributed by atoms with Crippen LogP contribution in [0.4, 0.5) is 17.1 Å². The fourth-order valence-corrected chi connectivity index (χ4v) is 5.97. The molecular weight excluding hydrogens is 500 g/mol. The number of aryl methyl sites for hydroxylation is 1. The second-order valence-electron chi connectivity index (χ2n) is 10.2. The zero-order valence-electron chi connectivity index (χ0n) is 23.4. The summed E-state index contributed by atoms with van der Waals surface area (Å²) < 4.78 is 19.1. The lowest BCUT2D eigenvalue weighted by Gasteiger charge is -2.38. The van der Waals surface area contributed by atoms with Crippen LogP contribution < -0.4 is 15.0 Å². The van der Waals surface area contributed by atoms with Crippen LogP contribution >= 0.6 is 0 Å². The molecule has 6 rings (SSSR count). The van der Waals surface area contributed by atoms with Gasteiger partial charge in [-0.1, -0.05) is 43.3 Å². The Morgan fingerprint density at radius 1 is 0.875 bits per heavy atom. The van der Waals surface area contributed by atoms with E-state index >= 15 is 0 Å². The van der Waals surface area contributed by atoms with Crippen molar-refractivity contribution in [2.24, 2.45) is 0 Å². The Balaban J connectivity index is 1.54. The van der Waals surface area contributed by atoms with E-state index in [0.29, 0.717) is 23.7 Å². The Hall–Kier alpha value is -4.29. The number of carbonyl (C=O) groups excluding carboxylic acids is 1. The molecule has 1 spiro atoms. The molecule has 0 bridgehead atoms. The Kier molecular flexibility index (Phi) is 6.72. The second kappa shape index (κ2) is 10.4. The van der Waals surface area contributed by atoms with Crippen molar-refractivity contribution in [3.63, 3.8) is 0 Å². The lowest BCUT2D eigenvalue weighted by atomic mass is 9.77. The first-order chi connectivity index (χ1) is 19.5. The van der Waals surface area contributed by atoms with Crippen LogP contribution in [-0.2, 0) is 15.1 Å². The molecule has 204 valence electrons. The van der Waals surface area contributed by atoms with Crippen molar-refractivity contribution in [2.45, 2.75) is 45.9 Å². The zero-order valence-corrected chi connectivity index (χ0v) is 23.4. The minimum atomic E-state index is -1.13. The van der Waals surface area contributed by atoms with Crippen LogP contribution in [0.15, 0.2) is 84.9 Å². The maximum absolute atomic E-state index is 13.3. The Bertz CT molecular complexity index is 1570. The van der Waals surface area contributed by atoms with Gasteiger partial charge >= 0.3 is 5.97 Å². The SMILES string of the molecule is CCOC(CC)N(CC)c1ccc2c(c1)Oc1cc(C)c(Nc3ccccc3)cc1C21OC(=O)c2ccccc21. The summed E-state index contributed by atoms with van der Waals surface area (Å²) in [7, 11) is 0. The highest BCUT2D eigenvalue weighted by Gasteiger charge is 2.53. The molecule has 0 saturated heterocycles. The number of anilines is 3. The van der Waals surface area contributed by atoms with Gasteiger partial charge in [0.1, 0.15) is 17.7 Å². The number of hydrogen-bond acceptors (Lipinski definition) is 6. The maximum atomic E-state index is 13.3. The van der Waals surface area contributed by atoms with Gasteiger partial charge in [-0.3, -0.25) is 0 Å². The van der Waals surface area contributed by atoms with E-state index in [2.05, 4.69) is 43.1 Å². The van der Waals surface area contributed by atoms with Crippen LogP contribution in [0.25, 0.3) is 0 Å². The molecule has 0 saturated carbocycles. The van der Waals surface area contributed by atoms with Gasteiger partial charge in [0, 0.05) is 53.0 Å². The van der Waals surface area contributed by atoms with Crippen LogP contribution in [0, 0.1) is 6.92 Å². The summed E-state index contributed by atoms with van der Waals surface area (Å²) in [5.74, 6) is 1.00. The number of carbonyl (C=O) groups is 1. The molecular formula is C34H34N2O4. The van der Waals surface area contributed by atoms with Gasteiger partial charge in [-0.15, -0.1) is 0 Å². The Morgan fingerprint density at radius 3 is 2.38 bits per heavy atom. The number of ether oxygens (including phenoxy) is 3. The number of hydrogen-bond donors (Lipinski definition) is 1. The number of nitrogens with zero attached hydrogens (tertiary/aromatic N) is 1. The number of nitrogens with one attached hydrogen (secondary N) is 1. The molecule has 40 heavy (non-hydrogen) atoms. The molecule has 0 amide bonds. The number of esters is 1. The van der Waals surface area contributed by atoms with Crippen molar-refractivity contribution in [3.8, 4) is 11.5 Å². The van der Waals surface area contributed by atoms with Crippen molar-refractivity contribution in [1.29, 1.82) is 0 Å². The number of fused-ring (bicyclic) bond motifs is 6. The quantitative estimate of drug-likeness (QED) is 0.183. The smallest absolute Gasteiger partial charge is 0.340 e. The van der Waals surface area contributed by atoms with Crippen LogP contribution in [0.1, 0.15) is 59.8 Å². The number of rotatable bonds is 8. The van der Waals surface area contributed by atoms with E-state index < -0.39 is 5.60 Å².